The highest BCUT2D eigenvalue weighted by atomic mass is 16.5. The molecule has 0 aliphatic carbocycles. The summed E-state index contributed by atoms with van der Waals surface area (Å²) in [4.78, 5) is 14.4. The van der Waals surface area contributed by atoms with Crippen molar-refractivity contribution in [3.05, 3.63) is 35.4 Å². The van der Waals surface area contributed by atoms with Gasteiger partial charge in [-0.3, -0.25) is 4.79 Å². The third-order valence-electron chi connectivity index (χ3n) is 4.06. The van der Waals surface area contributed by atoms with Gasteiger partial charge in [0.25, 0.3) is 5.91 Å². The van der Waals surface area contributed by atoms with E-state index in [0.29, 0.717) is 18.7 Å². The number of piperidine rings is 1. The normalized spacial score (nSPS) is 18.1. The van der Waals surface area contributed by atoms with E-state index in [1.165, 1.54) is 0 Å². The number of nitrogens with zero attached hydrogens (tertiary/aromatic N) is 1. The third kappa shape index (κ3) is 5.09. The van der Waals surface area contributed by atoms with E-state index in [4.69, 9.17) is 4.74 Å². The number of rotatable bonds is 6. The Hall–Kier alpha value is -1.43. The predicted octanol–water partition coefficient (Wildman–Crippen LogP) is 1.20. The highest BCUT2D eigenvalue weighted by molar-refractivity contribution is 5.94. The first-order valence-corrected chi connectivity index (χ1v) is 7.85. The Balaban J connectivity index is 1.75. The van der Waals surface area contributed by atoms with Gasteiger partial charge in [-0.2, -0.15) is 0 Å². The molecule has 1 amide bonds. The number of aliphatic hydroxyl groups excluding tert-OH is 1. The van der Waals surface area contributed by atoms with Gasteiger partial charge >= 0.3 is 0 Å². The molecule has 2 N–H and O–H groups in total. The fourth-order valence-corrected chi connectivity index (χ4v) is 2.78. The molecule has 1 aromatic carbocycles. The summed E-state index contributed by atoms with van der Waals surface area (Å²) in [7, 11) is 1.59. The quantitative estimate of drug-likeness (QED) is 0.829. The summed E-state index contributed by atoms with van der Waals surface area (Å²) >= 11 is 0. The van der Waals surface area contributed by atoms with Gasteiger partial charge in [-0.15, -0.1) is 0 Å². The molecule has 1 saturated heterocycles. The molecule has 0 radical (unpaired) electrons. The van der Waals surface area contributed by atoms with E-state index in [2.05, 4.69) is 10.2 Å². The average molecular weight is 306 g/mol. The second-order valence-corrected chi connectivity index (χ2v) is 6.02. The van der Waals surface area contributed by atoms with Crippen molar-refractivity contribution < 1.29 is 14.6 Å². The van der Waals surface area contributed by atoms with Gasteiger partial charge in [0.1, 0.15) is 0 Å². The van der Waals surface area contributed by atoms with Gasteiger partial charge in [0.2, 0.25) is 0 Å². The molecule has 0 saturated carbocycles. The Labute approximate surface area is 132 Å². The third-order valence-corrected chi connectivity index (χ3v) is 4.06. The number of likely N-dealkylation sites (tertiary alicyclic amines) is 1. The summed E-state index contributed by atoms with van der Waals surface area (Å²) in [6.07, 6.45) is 1.39. The van der Waals surface area contributed by atoms with Crippen molar-refractivity contribution >= 4 is 5.91 Å². The lowest BCUT2D eigenvalue weighted by molar-refractivity contribution is 0.0309. The fraction of sp³-hybridized carbons (Fsp3) is 0.588. The molecule has 1 atom stereocenters. The molecule has 5 heteroatoms. The van der Waals surface area contributed by atoms with Crippen molar-refractivity contribution in [2.45, 2.75) is 31.9 Å². The number of aliphatic hydroxyl groups is 1. The van der Waals surface area contributed by atoms with E-state index in [0.717, 1.165) is 31.5 Å². The number of carbonyl (C=O) groups is 1. The average Bonchev–Trinajstić information content (AvgIpc) is 2.50. The molecule has 22 heavy (non-hydrogen) atoms. The van der Waals surface area contributed by atoms with Crippen LogP contribution in [0, 0.1) is 6.92 Å². The summed E-state index contributed by atoms with van der Waals surface area (Å²) in [5.74, 6) is -0.00197. The molecule has 0 aromatic heterocycles. The summed E-state index contributed by atoms with van der Waals surface area (Å²) in [6, 6.07) is 7.84. The Morgan fingerprint density at radius 3 is 2.59 bits per heavy atom. The number of hydrogen-bond acceptors (Lipinski definition) is 4. The van der Waals surface area contributed by atoms with Crippen LogP contribution in [0.1, 0.15) is 28.8 Å². The smallest absolute Gasteiger partial charge is 0.251 e. The summed E-state index contributed by atoms with van der Waals surface area (Å²) in [5, 5.41) is 12.8. The Morgan fingerprint density at radius 1 is 1.36 bits per heavy atom. The van der Waals surface area contributed by atoms with Crippen molar-refractivity contribution in [1.29, 1.82) is 0 Å². The number of ether oxygens (including phenoxy) is 1. The summed E-state index contributed by atoms with van der Waals surface area (Å²) in [5.41, 5.74) is 1.86. The predicted molar refractivity (Wildman–Crippen MR) is 86.0 cm³/mol. The molecule has 122 valence electrons. The van der Waals surface area contributed by atoms with Crippen LogP contribution in [0.2, 0.25) is 0 Å². The monoisotopic (exact) mass is 306 g/mol. The lowest BCUT2D eigenvalue weighted by atomic mass is 10.0. The number of amides is 1. The Bertz CT molecular complexity index is 467. The lowest BCUT2D eigenvalue weighted by Crippen LogP contribution is -2.47. The summed E-state index contributed by atoms with van der Waals surface area (Å²) < 4.78 is 4.94. The zero-order chi connectivity index (χ0) is 15.9. The van der Waals surface area contributed by atoms with Crippen LogP contribution < -0.4 is 5.32 Å². The van der Waals surface area contributed by atoms with E-state index in [1.54, 1.807) is 7.11 Å². The Kier molecular flexibility index (Phi) is 6.36. The molecule has 0 bridgehead atoms. The molecular formula is C17H26N2O3. The van der Waals surface area contributed by atoms with Crippen molar-refractivity contribution in [3.63, 3.8) is 0 Å². The topological polar surface area (TPSA) is 61.8 Å². The number of carbonyl (C=O) groups excluding carboxylic acids is 1. The molecule has 1 aromatic rings. The Morgan fingerprint density at radius 2 is 2.00 bits per heavy atom. The van der Waals surface area contributed by atoms with Crippen LogP contribution in [0.5, 0.6) is 0 Å². The minimum atomic E-state index is -0.441. The van der Waals surface area contributed by atoms with Crippen LogP contribution in [-0.2, 0) is 4.74 Å². The van der Waals surface area contributed by atoms with Crippen LogP contribution >= 0.6 is 0 Å². The molecule has 1 fully saturated rings. The van der Waals surface area contributed by atoms with E-state index in [1.807, 2.05) is 31.2 Å². The van der Waals surface area contributed by atoms with Crippen molar-refractivity contribution in [2.75, 3.05) is 33.4 Å². The van der Waals surface area contributed by atoms with Gasteiger partial charge in [0.15, 0.2) is 0 Å². The molecule has 5 nitrogen and oxygen atoms in total. The maximum Gasteiger partial charge on any atom is 0.251 e. The van der Waals surface area contributed by atoms with Gasteiger partial charge in [-0.1, -0.05) is 17.7 Å². The molecule has 1 aliphatic heterocycles. The molecular weight excluding hydrogens is 280 g/mol. The minimum Gasteiger partial charge on any atom is -0.389 e. The van der Waals surface area contributed by atoms with Crippen molar-refractivity contribution in [1.82, 2.24) is 10.2 Å². The molecule has 0 spiro atoms. The van der Waals surface area contributed by atoms with Crippen molar-refractivity contribution in [2.24, 2.45) is 0 Å². The van der Waals surface area contributed by atoms with Crippen LogP contribution in [-0.4, -0.2) is 61.4 Å². The maximum absolute atomic E-state index is 12.2. The van der Waals surface area contributed by atoms with Gasteiger partial charge < -0.3 is 20.1 Å². The molecule has 2 rings (SSSR count). The van der Waals surface area contributed by atoms with E-state index >= 15 is 0 Å². The molecule has 1 heterocycles. The van der Waals surface area contributed by atoms with Crippen LogP contribution in [0.4, 0.5) is 0 Å². The van der Waals surface area contributed by atoms with Crippen LogP contribution in [0.3, 0.4) is 0 Å². The number of methoxy groups -OCH3 is 1. The second kappa shape index (κ2) is 8.27. The van der Waals surface area contributed by atoms with Gasteiger partial charge in [-0.25, -0.2) is 0 Å². The molecule has 1 aliphatic rings. The number of nitrogens with one attached hydrogen (secondary N) is 1. The highest BCUT2D eigenvalue weighted by Crippen LogP contribution is 2.12. The largest absolute Gasteiger partial charge is 0.389 e. The number of benzene rings is 1. The van der Waals surface area contributed by atoms with Gasteiger partial charge in [-0.05, 0) is 31.9 Å². The first-order valence-electron chi connectivity index (χ1n) is 7.85. The van der Waals surface area contributed by atoms with Crippen LogP contribution in [0.15, 0.2) is 24.3 Å². The number of β-amino-alcohol motifs (C(OH)–C–C–N with tert-alkyl or cyclic N) is 1. The van der Waals surface area contributed by atoms with E-state index in [9.17, 15) is 9.90 Å². The fourth-order valence-electron chi connectivity index (χ4n) is 2.78. The molecule has 1 unspecified atom stereocenters. The second-order valence-electron chi connectivity index (χ2n) is 6.02. The minimum absolute atomic E-state index is 0.00197. The first-order chi connectivity index (χ1) is 10.6. The van der Waals surface area contributed by atoms with E-state index in [-0.39, 0.29) is 11.9 Å². The van der Waals surface area contributed by atoms with Gasteiger partial charge in [0.05, 0.1) is 12.7 Å². The lowest BCUT2D eigenvalue weighted by Gasteiger charge is -2.33. The maximum atomic E-state index is 12.2. The SMILES string of the molecule is COCC(O)CN1CCC(NC(=O)c2ccc(C)cc2)CC1. The zero-order valence-electron chi connectivity index (χ0n) is 13.4. The first kappa shape index (κ1) is 16.9. The number of hydrogen-bond donors (Lipinski definition) is 2. The summed E-state index contributed by atoms with van der Waals surface area (Å²) in [6.45, 7) is 4.78. The zero-order valence-corrected chi connectivity index (χ0v) is 13.4. The highest BCUT2D eigenvalue weighted by Gasteiger charge is 2.22. The number of aryl methyl sites for hydroxylation is 1. The van der Waals surface area contributed by atoms with Crippen molar-refractivity contribution in [3.8, 4) is 0 Å². The van der Waals surface area contributed by atoms with E-state index < -0.39 is 6.10 Å². The standard InChI is InChI=1S/C17H26N2O3/c1-13-3-5-14(6-4-13)17(21)18-15-7-9-19(10-8-15)11-16(20)12-22-2/h3-6,15-16,20H,7-12H2,1-2H3,(H,18,21). The van der Waals surface area contributed by atoms with Gasteiger partial charge in [0, 0.05) is 38.3 Å². The van der Waals surface area contributed by atoms with Crippen LogP contribution in [0.25, 0.3) is 0 Å².